The van der Waals surface area contributed by atoms with Gasteiger partial charge >= 0.3 is 5.97 Å². The third-order valence-corrected chi connectivity index (χ3v) is 7.28. The highest BCUT2D eigenvalue weighted by Crippen LogP contribution is 2.26. The van der Waals surface area contributed by atoms with Crippen molar-refractivity contribution in [3.8, 4) is 0 Å². The number of nitrogens with zero attached hydrogens (tertiary/aromatic N) is 1. The second-order valence-corrected chi connectivity index (χ2v) is 9.52. The lowest BCUT2D eigenvalue weighted by Crippen LogP contribution is -2.22. The Kier molecular flexibility index (Phi) is 6.02. The van der Waals surface area contributed by atoms with E-state index in [2.05, 4.69) is 9.71 Å². The number of fused-ring (bicyclic) bond motifs is 1. The van der Waals surface area contributed by atoms with Crippen LogP contribution in [0.3, 0.4) is 0 Å². The Balaban J connectivity index is 1.70. The Bertz CT molecular complexity index is 1340. The van der Waals surface area contributed by atoms with Gasteiger partial charge in [-0.1, -0.05) is 30.3 Å². The van der Waals surface area contributed by atoms with Crippen LogP contribution in [0, 0.1) is 0 Å². The van der Waals surface area contributed by atoms with E-state index >= 15 is 0 Å². The minimum absolute atomic E-state index is 0.122. The number of sulfonamides is 1. The molecule has 1 aliphatic rings. The van der Waals surface area contributed by atoms with E-state index in [1.807, 2.05) is 0 Å². The number of ether oxygens (including phenoxy) is 1. The Morgan fingerprint density at radius 2 is 1.75 bits per heavy atom. The van der Waals surface area contributed by atoms with Gasteiger partial charge in [0.1, 0.15) is 4.21 Å². The van der Waals surface area contributed by atoms with Crippen LogP contribution in [-0.2, 0) is 14.8 Å². The van der Waals surface area contributed by atoms with Gasteiger partial charge in [0, 0.05) is 16.8 Å². The summed E-state index contributed by atoms with van der Waals surface area (Å²) in [5.74, 6) is -0.725. The average molecular weight is 467 g/mol. The molecule has 1 heterocycles. The van der Waals surface area contributed by atoms with Crippen LogP contribution in [0.1, 0.15) is 33.2 Å². The van der Waals surface area contributed by atoms with Crippen LogP contribution in [0.25, 0.3) is 0 Å². The number of hydrogen-bond donors (Lipinski definition) is 1. The summed E-state index contributed by atoms with van der Waals surface area (Å²) in [6.45, 7) is 2.00. The van der Waals surface area contributed by atoms with Crippen molar-refractivity contribution in [3.63, 3.8) is 0 Å². The smallest absolute Gasteiger partial charge is 0.338 e. The van der Waals surface area contributed by atoms with Crippen LogP contribution in [0.15, 0.2) is 86.4 Å². The molecule has 0 unspecified atom stereocenters. The zero-order valence-electron chi connectivity index (χ0n) is 16.9. The number of carbonyl (C=O) groups excluding carboxylic acids is 2. The molecule has 4 rings (SSSR count). The zero-order valence-corrected chi connectivity index (χ0v) is 18.6. The fourth-order valence-corrected chi connectivity index (χ4v) is 5.11. The van der Waals surface area contributed by atoms with Gasteiger partial charge in [-0.15, -0.1) is 11.3 Å². The SMILES string of the molecule is CCOC(=O)c1ccc(NC2=CC(=NS(=O)(=O)c3cccs3)c3ccccc3C2=O)cc1. The van der Waals surface area contributed by atoms with Crippen LogP contribution >= 0.6 is 11.3 Å². The number of thiophene rings is 1. The molecule has 1 aliphatic carbocycles. The van der Waals surface area contributed by atoms with Gasteiger partial charge < -0.3 is 10.1 Å². The summed E-state index contributed by atoms with van der Waals surface area (Å²) in [5.41, 5.74) is 2.07. The monoisotopic (exact) mass is 466 g/mol. The number of anilines is 1. The van der Waals surface area contributed by atoms with E-state index in [1.54, 1.807) is 66.9 Å². The maximum atomic E-state index is 13.0. The number of allylic oxidation sites excluding steroid dienone is 2. The number of nitrogens with one attached hydrogen (secondary N) is 1. The maximum Gasteiger partial charge on any atom is 0.338 e. The Morgan fingerprint density at radius 3 is 2.41 bits per heavy atom. The predicted molar refractivity (Wildman–Crippen MR) is 123 cm³/mol. The summed E-state index contributed by atoms with van der Waals surface area (Å²) in [6, 6.07) is 16.3. The topological polar surface area (TPSA) is 102 Å². The number of esters is 1. The van der Waals surface area contributed by atoms with Gasteiger partial charge in [0.05, 0.1) is 23.6 Å². The van der Waals surface area contributed by atoms with Crippen LogP contribution in [0.2, 0.25) is 0 Å². The molecule has 7 nitrogen and oxygen atoms in total. The van der Waals surface area contributed by atoms with Crippen molar-refractivity contribution in [2.24, 2.45) is 4.40 Å². The van der Waals surface area contributed by atoms with Crippen molar-refractivity contribution in [2.45, 2.75) is 11.1 Å². The quantitative estimate of drug-likeness (QED) is 0.544. The fourth-order valence-electron chi connectivity index (χ4n) is 3.14. The second kappa shape index (κ2) is 8.89. The Labute approximate surface area is 189 Å². The van der Waals surface area contributed by atoms with Crippen molar-refractivity contribution in [3.05, 3.63) is 94.5 Å². The molecule has 0 spiro atoms. The molecule has 2 aromatic carbocycles. The van der Waals surface area contributed by atoms with Crippen molar-refractivity contribution in [2.75, 3.05) is 11.9 Å². The number of Topliss-reactive ketones (excluding diaryl/α,β-unsaturated/α-hetero) is 1. The summed E-state index contributed by atoms with van der Waals surface area (Å²) >= 11 is 1.07. The van der Waals surface area contributed by atoms with Gasteiger partial charge in [0.15, 0.2) is 0 Å². The number of carbonyl (C=O) groups is 2. The van der Waals surface area contributed by atoms with E-state index in [0.29, 0.717) is 22.4 Å². The standard InChI is InChI=1S/C23H18N2O5S2/c1-2-30-23(27)15-9-11-16(12-10-15)24-20-14-19(17-6-3-4-7-18(17)22(20)26)25-32(28,29)21-8-5-13-31-21/h3-14,24H,2H2,1H3. The summed E-state index contributed by atoms with van der Waals surface area (Å²) in [7, 11) is -3.92. The molecule has 0 atom stereocenters. The minimum atomic E-state index is -3.92. The van der Waals surface area contributed by atoms with Gasteiger partial charge in [-0.2, -0.15) is 12.8 Å². The molecule has 1 aromatic heterocycles. The largest absolute Gasteiger partial charge is 0.462 e. The highest BCUT2D eigenvalue weighted by atomic mass is 32.2. The van der Waals surface area contributed by atoms with Crippen LogP contribution in [0.5, 0.6) is 0 Å². The van der Waals surface area contributed by atoms with Gasteiger partial charge in [-0.05, 0) is 48.7 Å². The van der Waals surface area contributed by atoms with Crippen molar-refractivity contribution in [1.29, 1.82) is 0 Å². The molecule has 0 amide bonds. The number of ketones is 1. The van der Waals surface area contributed by atoms with Gasteiger partial charge in [-0.25, -0.2) is 4.79 Å². The molecule has 9 heteroatoms. The molecule has 162 valence electrons. The lowest BCUT2D eigenvalue weighted by molar-refractivity contribution is 0.0526. The van der Waals surface area contributed by atoms with E-state index in [-0.39, 0.29) is 28.0 Å². The van der Waals surface area contributed by atoms with Crippen LogP contribution in [0.4, 0.5) is 5.69 Å². The first-order valence-corrected chi connectivity index (χ1v) is 12.0. The highest BCUT2D eigenvalue weighted by molar-refractivity contribution is 7.92. The molecular formula is C23H18N2O5S2. The van der Waals surface area contributed by atoms with Crippen LogP contribution in [-0.4, -0.2) is 32.5 Å². The third-order valence-electron chi connectivity index (χ3n) is 4.62. The average Bonchev–Trinajstić information content (AvgIpc) is 3.34. The molecule has 32 heavy (non-hydrogen) atoms. The van der Waals surface area contributed by atoms with Crippen LogP contribution < -0.4 is 5.32 Å². The lowest BCUT2D eigenvalue weighted by Gasteiger charge is -2.18. The van der Waals surface area contributed by atoms with Crippen molar-refractivity contribution >= 4 is 44.5 Å². The third kappa shape index (κ3) is 4.39. The lowest BCUT2D eigenvalue weighted by atomic mass is 9.92. The zero-order chi connectivity index (χ0) is 22.7. The van der Waals surface area contributed by atoms with E-state index in [4.69, 9.17) is 4.74 Å². The predicted octanol–water partition coefficient (Wildman–Crippen LogP) is 4.30. The van der Waals surface area contributed by atoms with E-state index in [9.17, 15) is 18.0 Å². The molecule has 1 N–H and O–H groups in total. The van der Waals surface area contributed by atoms with Gasteiger partial charge in [-0.3, -0.25) is 4.79 Å². The van der Waals surface area contributed by atoms with Crippen molar-refractivity contribution < 1.29 is 22.7 Å². The molecule has 0 saturated carbocycles. The molecular weight excluding hydrogens is 448 g/mol. The molecule has 0 fully saturated rings. The molecule has 0 aliphatic heterocycles. The second-order valence-electron chi connectivity index (χ2n) is 6.74. The molecule has 0 saturated heterocycles. The van der Waals surface area contributed by atoms with Gasteiger partial charge in [0.25, 0.3) is 10.0 Å². The first kappa shape index (κ1) is 21.7. The number of rotatable bonds is 6. The summed E-state index contributed by atoms with van der Waals surface area (Å²) in [6.07, 6.45) is 1.43. The van der Waals surface area contributed by atoms with E-state index < -0.39 is 16.0 Å². The summed E-state index contributed by atoms with van der Waals surface area (Å²) in [4.78, 5) is 24.8. The summed E-state index contributed by atoms with van der Waals surface area (Å²) in [5, 5.41) is 4.67. The van der Waals surface area contributed by atoms with Gasteiger partial charge in [0.2, 0.25) is 5.78 Å². The van der Waals surface area contributed by atoms with E-state index in [1.165, 1.54) is 12.1 Å². The van der Waals surface area contributed by atoms with Crippen molar-refractivity contribution in [1.82, 2.24) is 0 Å². The number of hydrogen-bond acceptors (Lipinski definition) is 7. The fraction of sp³-hybridized carbons (Fsp3) is 0.0870. The first-order valence-electron chi connectivity index (χ1n) is 9.67. The first-order chi connectivity index (χ1) is 15.4. The van der Waals surface area contributed by atoms with E-state index in [0.717, 1.165) is 11.3 Å². The minimum Gasteiger partial charge on any atom is -0.462 e. The maximum absolute atomic E-state index is 13.0. The Morgan fingerprint density at radius 1 is 1.03 bits per heavy atom. The molecule has 0 bridgehead atoms. The summed E-state index contributed by atoms with van der Waals surface area (Å²) < 4.78 is 34.5. The number of benzene rings is 2. The highest BCUT2D eigenvalue weighted by Gasteiger charge is 2.26. The normalized spacial score (nSPS) is 14.6. The Hall–Kier alpha value is -3.56. The molecule has 0 radical (unpaired) electrons. The molecule has 3 aromatic rings.